The van der Waals surface area contributed by atoms with Crippen LogP contribution in [-0.2, 0) is 9.59 Å². The maximum Gasteiger partial charge on any atom is 0.143 e. The molecule has 0 bridgehead atoms. The zero-order chi connectivity index (χ0) is 17.0. The van der Waals surface area contributed by atoms with Crippen LogP contribution in [0.5, 0.6) is 0 Å². The lowest BCUT2D eigenvalue weighted by Crippen LogP contribution is -2.48. The van der Waals surface area contributed by atoms with Gasteiger partial charge in [-0.25, -0.2) is 0 Å². The Balaban J connectivity index is 2.85. The third-order valence-corrected chi connectivity index (χ3v) is 5.65. The fraction of sp³-hybridized carbons (Fsp3) is 0.600. The van der Waals surface area contributed by atoms with Crippen molar-refractivity contribution in [1.82, 2.24) is 0 Å². The van der Waals surface area contributed by atoms with Crippen molar-refractivity contribution in [3.63, 3.8) is 0 Å². The van der Waals surface area contributed by atoms with Crippen molar-refractivity contribution in [1.29, 1.82) is 0 Å². The second kappa shape index (κ2) is 5.04. The summed E-state index contributed by atoms with van der Waals surface area (Å²) in [6.07, 6.45) is 0.991. The number of carbonyl (C=O) groups is 2. The highest BCUT2D eigenvalue weighted by molar-refractivity contribution is 5.97. The molecule has 0 N–H and O–H groups in total. The topological polar surface area (TPSA) is 34.1 Å². The van der Waals surface area contributed by atoms with Crippen molar-refractivity contribution in [3.05, 3.63) is 35.5 Å². The summed E-state index contributed by atoms with van der Waals surface area (Å²) < 4.78 is 0. The molecule has 0 aromatic rings. The van der Waals surface area contributed by atoms with Crippen LogP contribution >= 0.6 is 0 Å². The van der Waals surface area contributed by atoms with Crippen molar-refractivity contribution in [3.8, 4) is 0 Å². The van der Waals surface area contributed by atoms with Gasteiger partial charge in [0.2, 0.25) is 0 Å². The van der Waals surface area contributed by atoms with Crippen molar-refractivity contribution >= 4 is 11.6 Å². The smallest absolute Gasteiger partial charge is 0.143 e. The molecule has 2 heteroatoms. The molecule has 120 valence electrons. The van der Waals surface area contributed by atoms with Crippen molar-refractivity contribution in [2.45, 2.75) is 54.4 Å². The maximum absolute atomic E-state index is 12.7. The highest BCUT2D eigenvalue weighted by Crippen LogP contribution is 2.56. The molecule has 0 heterocycles. The molecule has 0 spiro atoms. The van der Waals surface area contributed by atoms with Crippen LogP contribution in [0.1, 0.15) is 54.4 Å². The lowest BCUT2D eigenvalue weighted by atomic mass is 9.52. The third kappa shape index (κ3) is 2.24. The predicted octanol–water partition coefficient (Wildman–Crippen LogP) is 4.67. The Bertz CT molecular complexity index is 562. The average Bonchev–Trinajstić information content (AvgIpc) is 2.36. The van der Waals surface area contributed by atoms with Gasteiger partial charge in [-0.15, -0.1) is 0 Å². The molecule has 0 fully saturated rings. The molecule has 0 aromatic heterocycles. The van der Waals surface area contributed by atoms with E-state index in [1.807, 2.05) is 41.5 Å². The summed E-state index contributed by atoms with van der Waals surface area (Å²) in [5, 5.41) is 0. The number of rotatable bonds is 2. The van der Waals surface area contributed by atoms with E-state index < -0.39 is 10.8 Å². The monoisotopic (exact) mass is 300 g/mol. The molecule has 0 amide bonds. The first kappa shape index (κ1) is 16.9. The van der Waals surface area contributed by atoms with Gasteiger partial charge in [0.1, 0.15) is 11.6 Å². The minimum atomic E-state index is -0.589. The van der Waals surface area contributed by atoms with Crippen LogP contribution in [0.4, 0.5) is 0 Å². The highest BCUT2D eigenvalue weighted by atomic mass is 16.1. The Morgan fingerprint density at radius 3 is 1.45 bits per heavy atom. The normalized spacial score (nSPS) is 30.1. The molecule has 0 saturated carbocycles. The fourth-order valence-corrected chi connectivity index (χ4v) is 4.35. The number of hydrogen-bond acceptors (Lipinski definition) is 2. The van der Waals surface area contributed by atoms with E-state index >= 15 is 0 Å². The quantitative estimate of drug-likeness (QED) is 0.695. The molecular formula is C20H28O2. The molecule has 0 aliphatic heterocycles. The van der Waals surface area contributed by atoms with Gasteiger partial charge in [0.05, 0.1) is 0 Å². The number of Topliss-reactive ketones (excluding diaryl/α,β-unsaturated/α-hetero) is 2. The molecular weight excluding hydrogens is 272 g/mol. The van der Waals surface area contributed by atoms with Gasteiger partial charge in [-0.1, -0.05) is 29.9 Å². The first-order valence-corrected chi connectivity index (χ1v) is 8.04. The van der Waals surface area contributed by atoms with Gasteiger partial charge in [-0.3, -0.25) is 9.59 Å². The lowest BCUT2D eigenvalue weighted by molar-refractivity contribution is -0.131. The largest absolute Gasteiger partial charge is 0.299 e. The number of ketones is 2. The molecule has 0 radical (unpaired) electrons. The summed E-state index contributed by atoms with van der Waals surface area (Å²) in [6, 6.07) is 0. The van der Waals surface area contributed by atoms with Crippen molar-refractivity contribution in [2.24, 2.45) is 22.7 Å². The molecule has 2 rings (SSSR count). The SMILES string of the molecule is C=C(C)[C@H]1CC(=O)C(C)(C)C2=C1[C@H](C(=C)C)CC(=O)C2(C)C. The first-order valence-electron chi connectivity index (χ1n) is 8.04. The highest BCUT2D eigenvalue weighted by Gasteiger charge is 2.53. The molecule has 22 heavy (non-hydrogen) atoms. The van der Waals surface area contributed by atoms with Crippen molar-refractivity contribution < 1.29 is 9.59 Å². The van der Waals surface area contributed by atoms with E-state index in [1.54, 1.807) is 0 Å². The first-order chi connectivity index (χ1) is 9.92. The molecule has 0 unspecified atom stereocenters. The number of allylic oxidation sites excluding steroid dienone is 4. The summed E-state index contributed by atoms with van der Waals surface area (Å²) >= 11 is 0. The van der Waals surface area contributed by atoms with E-state index in [-0.39, 0.29) is 23.4 Å². The van der Waals surface area contributed by atoms with E-state index in [4.69, 9.17) is 0 Å². The zero-order valence-electron chi connectivity index (χ0n) is 14.8. The van der Waals surface area contributed by atoms with Gasteiger partial charge < -0.3 is 0 Å². The lowest BCUT2D eigenvalue weighted by Gasteiger charge is -2.50. The molecule has 2 nitrogen and oxygen atoms in total. The second-order valence-corrected chi connectivity index (χ2v) is 8.13. The van der Waals surface area contributed by atoms with Gasteiger partial charge in [-0.2, -0.15) is 0 Å². The Morgan fingerprint density at radius 1 is 0.864 bits per heavy atom. The molecule has 2 aliphatic carbocycles. The Labute approximate surface area is 134 Å². The van der Waals surface area contributed by atoms with Crippen LogP contribution in [0.2, 0.25) is 0 Å². The maximum atomic E-state index is 12.7. The third-order valence-electron chi connectivity index (χ3n) is 5.65. The fourth-order valence-electron chi connectivity index (χ4n) is 4.35. The van der Waals surface area contributed by atoms with Crippen LogP contribution < -0.4 is 0 Å². The number of carbonyl (C=O) groups excluding carboxylic acids is 2. The second-order valence-electron chi connectivity index (χ2n) is 8.13. The van der Waals surface area contributed by atoms with Crippen LogP contribution in [0.15, 0.2) is 35.5 Å². The number of hydrogen-bond donors (Lipinski definition) is 0. The molecule has 0 saturated heterocycles. The summed E-state index contributed by atoms with van der Waals surface area (Å²) in [7, 11) is 0. The van der Waals surface area contributed by atoms with Gasteiger partial charge in [0, 0.05) is 35.5 Å². The van der Waals surface area contributed by atoms with E-state index in [9.17, 15) is 9.59 Å². The van der Waals surface area contributed by atoms with Crippen LogP contribution in [0, 0.1) is 22.7 Å². The molecule has 2 atom stereocenters. The van der Waals surface area contributed by atoms with Gasteiger partial charge in [-0.05, 0) is 47.1 Å². The minimum absolute atomic E-state index is 0.0459. The Morgan fingerprint density at radius 2 is 1.18 bits per heavy atom. The Hall–Kier alpha value is -1.44. The average molecular weight is 300 g/mol. The van der Waals surface area contributed by atoms with Crippen LogP contribution in [0.3, 0.4) is 0 Å². The summed E-state index contributed by atoms with van der Waals surface area (Å²) in [6.45, 7) is 20.1. The van der Waals surface area contributed by atoms with Crippen LogP contribution in [-0.4, -0.2) is 11.6 Å². The van der Waals surface area contributed by atoms with E-state index in [0.717, 1.165) is 16.7 Å². The van der Waals surface area contributed by atoms with Gasteiger partial charge >= 0.3 is 0 Å². The van der Waals surface area contributed by atoms with E-state index in [1.165, 1.54) is 5.57 Å². The van der Waals surface area contributed by atoms with Crippen molar-refractivity contribution in [2.75, 3.05) is 0 Å². The van der Waals surface area contributed by atoms with E-state index in [2.05, 4.69) is 13.2 Å². The zero-order valence-corrected chi connectivity index (χ0v) is 14.8. The van der Waals surface area contributed by atoms with Gasteiger partial charge in [0.15, 0.2) is 0 Å². The van der Waals surface area contributed by atoms with Gasteiger partial charge in [0.25, 0.3) is 0 Å². The molecule has 0 aromatic carbocycles. The summed E-state index contributed by atoms with van der Waals surface area (Å²) in [4.78, 5) is 25.5. The summed E-state index contributed by atoms with van der Waals surface area (Å²) in [5.74, 6) is 0.513. The molecule has 2 aliphatic rings. The Kier molecular flexibility index (Phi) is 3.88. The minimum Gasteiger partial charge on any atom is -0.299 e. The summed E-state index contributed by atoms with van der Waals surface area (Å²) in [5.41, 5.74) is 3.10. The van der Waals surface area contributed by atoms with E-state index in [0.29, 0.717) is 12.8 Å². The van der Waals surface area contributed by atoms with Crippen LogP contribution in [0.25, 0.3) is 0 Å². The standard InChI is InChI=1S/C20H28O2/c1-11(2)13-9-15(21)19(5,6)18-17(13)14(12(3)4)10-16(22)20(18,7)8/h13-14H,1,3,9-10H2,2,4-8H3/t13-,14+. The predicted molar refractivity (Wildman–Crippen MR) is 90.4 cm³/mol.